The van der Waals surface area contributed by atoms with E-state index in [1.807, 2.05) is 61.7 Å². The van der Waals surface area contributed by atoms with Gasteiger partial charge in [-0.05, 0) is 55.7 Å². The van der Waals surface area contributed by atoms with Crippen molar-refractivity contribution < 1.29 is 9.59 Å². The summed E-state index contributed by atoms with van der Waals surface area (Å²) in [6.45, 7) is 1.94. The summed E-state index contributed by atoms with van der Waals surface area (Å²) in [6.07, 6.45) is 2.44. The number of carbonyl (C=O) groups excluding carboxylic acids is 2. The van der Waals surface area contributed by atoms with E-state index in [1.165, 1.54) is 0 Å². The van der Waals surface area contributed by atoms with Crippen molar-refractivity contribution >= 4 is 40.4 Å². The highest BCUT2D eigenvalue weighted by Gasteiger charge is 2.20. The minimum atomic E-state index is -0.714. The number of hydrogen-bond acceptors (Lipinski definition) is 4. The van der Waals surface area contributed by atoms with Gasteiger partial charge in [0, 0.05) is 11.4 Å². The minimum Gasteiger partial charge on any atom is -0.352 e. The molecule has 7 nitrogen and oxygen atoms in total. The van der Waals surface area contributed by atoms with Gasteiger partial charge in [0.2, 0.25) is 5.91 Å². The Kier molecular flexibility index (Phi) is 6.20. The largest absolute Gasteiger partial charge is 0.352 e. The van der Waals surface area contributed by atoms with Crippen molar-refractivity contribution in [1.82, 2.24) is 14.9 Å². The zero-order valence-electron chi connectivity index (χ0n) is 15.8. The van der Waals surface area contributed by atoms with E-state index in [9.17, 15) is 9.59 Å². The molecular weight excluding hydrogens is 374 g/mol. The molecule has 146 valence electrons. The van der Waals surface area contributed by atoms with Crippen molar-refractivity contribution in [3.05, 3.63) is 54.4 Å². The number of nitrogens with two attached hydrogens (primary N) is 1. The van der Waals surface area contributed by atoms with Gasteiger partial charge in [-0.15, -0.1) is 0 Å². The second-order valence-corrected chi connectivity index (χ2v) is 7.35. The van der Waals surface area contributed by atoms with E-state index in [0.717, 1.165) is 28.3 Å². The van der Waals surface area contributed by atoms with Crippen LogP contribution in [0.15, 0.2) is 48.5 Å². The number of hydrogen-bond donors (Lipinski definition) is 3. The maximum absolute atomic E-state index is 12.6. The molecular formula is C20H23N5O2S. The SMILES string of the molecule is CSCCC(NC(N)=O)C(=O)Nc1ccc2c(c1)nc(C)n2-c1ccccc1. The number of urea groups is 1. The Morgan fingerprint density at radius 3 is 2.64 bits per heavy atom. The fraction of sp³-hybridized carbons (Fsp3) is 0.250. The van der Waals surface area contributed by atoms with Gasteiger partial charge in [0.05, 0.1) is 11.0 Å². The van der Waals surface area contributed by atoms with Crippen LogP contribution in [0.1, 0.15) is 12.2 Å². The quantitative estimate of drug-likeness (QED) is 0.570. The number of primary amides is 1. The molecule has 3 amide bonds. The van der Waals surface area contributed by atoms with Gasteiger partial charge >= 0.3 is 6.03 Å². The predicted octanol–water partition coefficient (Wildman–Crippen LogP) is 3.06. The minimum absolute atomic E-state index is 0.300. The van der Waals surface area contributed by atoms with Crippen LogP contribution in [0.4, 0.5) is 10.5 Å². The molecule has 0 fully saturated rings. The molecule has 28 heavy (non-hydrogen) atoms. The fourth-order valence-corrected chi connectivity index (χ4v) is 3.56. The molecule has 2 aromatic carbocycles. The lowest BCUT2D eigenvalue weighted by Crippen LogP contribution is -2.46. The van der Waals surface area contributed by atoms with Crippen molar-refractivity contribution in [2.45, 2.75) is 19.4 Å². The Hall–Kier alpha value is -3.00. The molecule has 0 radical (unpaired) electrons. The third kappa shape index (κ3) is 4.45. The van der Waals surface area contributed by atoms with Gasteiger partial charge < -0.3 is 16.4 Å². The fourth-order valence-electron chi connectivity index (χ4n) is 3.09. The summed E-state index contributed by atoms with van der Waals surface area (Å²) >= 11 is 1.60. The van der Waals surface area contributed by atoms with Gasteiger partial charge in [-0.1, -0.05) is 18.2 Å². The zero-order chi connectivity index (χ0) is 20.1. The molecule has 3 rings (SSSR count). The molecule has 3 aromatic rings. The first-order valence-corrected chi connectivity index (χ1v) is 10.3. The molecule has 0 aliphatic heterocycles. The second kappa shape index (κ2) is 8.79. The van der Waals surface area contributed by atoms with Crippen molar-refractivity contribution in [2.75, 3.05) is 17.3 Å². The van der Waals surface area contributed by atoms with Crippen molar-refractivity contribution in [2.24, 2.45) is 5.73 Å². The van der Waals surface area contributed by atoms with E-state index >= 15 is 0 Å². The number of nitrogens with zero attached hydrogens (tertiary/aromatic N) is 2. The highest BCUT2D eigenvalue weighted by molar-refractivity contribution is 7.98. The van der Waals surface area contributed by atoms with Gasteiger partial charge in [-0.25, -0.2) is 9.78 Å². The first-order valence-electron chi connectivity index (χ1n) is 8.90. The van der Waals surface area contributed by atoms with Crippen LogP contribution in [0.2, 0.25) is 0 Å². The lowest BCUT2D eigenvalue weighted by Gasteiger charge is -2.17. The maximum Gasteiger partial charge on any atom is 0.312 e. The van der Waals surface area contributed by atoms with E-state index in [-0.39, 0.29) is 5.91 Å². The highest BCUT2D eigenvalue weighted by atomic mass is 32.2. The Morgan fingerprint density at radius 2 is 1.96 bits per heavy atom. The number of rotatable bonds is 7. The van der Waals surface area contributed by atoms with Gasteiger partial charge in [0.25, 0.3) is 0 Å². The number of carbonyl (C=O) groups is 2. The molecule has 1 heterocycles. The number of benzene rings is 2. The van der Waals surface area contributed by atoms with Crippen LogP contribution in [0.5, 0.6) is 0 Å². The smallest absolute Gasteiger partial charge is 0.312 e. The van der Waals surface area contributed by atoms with Crippen LogP contribution in [0, 0.1) is 6.92 Å². The Balaban J connectivity index is 1.84. The highest BCUT2D eigenvalue weighted by Crippen LogP contribution is 2.24. The number of aromatic nitrogens is 2. The number of fused-ring (bicyclic) bond motifs is 1. The van der Waals surface area contributed by atoms with Gasteiger partial charge in [-0.3, -0.25) is 9.36 Å². The number of anilines is 1. The molecule has 0 spiro atoms. The van der Waals surface area contributed by atoms with E-state index < -0.39 is 12.1 Å². The summed E-state index contributed by atoms with van der Waals surface area (Å²) in [4.78, 5) is 28.4. The van der Waals surface area contributed by atoms with E-state index in [0.29, 0.717) is 12.1 Å². The monoisotopic (exact) mass is 397 g/mol. The zero-order valence-corrected chi connectivity index (χ0v) is 16.6. The van der Waals surface area contributed by atoms with Gasteiger partial charge in [-0.2, -0.15) is 11.8 Å². The Morgan fingerprint density at radius 1 is 1.21 bits per heavy atom. The Labute approximate surface area is 167 Å². The first kappa shape index (κ1) is 19.8. The predicted molar refractivity (Wildman–Crippen MR) is 114 cm³/mol. The number of thioether (sulfide) groups is 1. The molecule has 1 aromatic heterocycles. The summed E-state index contributed by atoms with van der Waals surface area (Å²) < 4.78 is 2.07. The molecule has 0 bridgehead atoms. The number of aryl methyl sites for hydroxylation is 1. The summed E-state index contributed by atoms with van der Waals surface area (Å²) in [5.41, 5.74) is 8.58. The van der Waals surface area contributed by atoms with Gasteiger partial charge in [0.15, 0.2) is 0 Å². The van der Waals surface area contributed by atoms with Crippen LogP contribution < -0.4 is 16.4 Å². The van der Waals surface area contributed by atoms with Gasteiger partial charge in [0.1, 0.15) is 11.9 Å². The molecule has 4 N–H and O–H groups in total. The molecule has 0 saturated carbocycles. The van der Waals surface area contributed by atoms with Crippen molar-refractivity contribution in [3.8, 4) is 5.69 Å². The van der Waals surface area contributed by atoms with E-state index in [4.69, 9.17) is 5.73 Å². The molecule has 0 aliphatic carbocycles. The Bertz CT molecular complexity index is 987. The van der Waals surface area contributed by atoms with Crippen LogP contribution in [-0.4, -0.2) is 39.5 Å². The molecule has 0 aliphatic rings. The third-order valence-corrected chi connectivity index (χ3v) is 4.99. The normalized spacial score (nSPS) is 11.9. The van der Waals surface area contributed by atoms with Crippen LogP contribution in [-0.2, 0) is 4.79 Å². The second-order valence-electron chi connectivity index (χ2n) is 6.37. The average Bonchev–Trinajstić information content (AvgIpc) is 3.00. The number of imidazole rings is 1. The molecule has 1 unspecified atom stereocenters. The third-order valence-electron chi connectivity index (χ3n) is 4.35. The average molecular weight is 398 g/mol. The number of para-hydroxylation sites is 1. The van der Waals surface area contributed by atoms with Crippen LogP contribution in [0.25, 0.3) is 16.7 Å². The summed E-state index contributed by atoms with van der Waals surface area (Å²) in [7, 11) is 0. The van der Waals surface area contributed by atoms with Crippen LogP contribution >= 0.6 is 11.8 Å². The lowest BCUT2D eigenvalue weighted by molar-refractivity contribution is -0.117. The molecule has 8 heteroatoms. The standard InChI is InChI=1S/C20H23N5O2S/c1-13-22-17-12-14(23-19(26)16(10-11-28-2)24-20(21)27)8-9-18(17)25(13)15-6-4-3-5-7-15/h3-9,12,16H,10-11H2,1-2H3,(H,23,26)(H3,21,24,27). The number of nitrogens with one attached hydrogen (secondary N) is 2. The van der Waals surface area contributed by atoms with Crippen molar-refractivity contribution in [1.29, 1.82) is 0 Å². The molecule has 0 saturated heterocycles. The number of amides is 3. The van der Waals surface area contributed by atoms with Crippen molar-refractivity contribution in [3.63, 3.8) is 0 Å². The lowest BCUT2D eigenvalue weighted by atomic mass is 10.2. The maximum atomic E-state index is 12.6. The molecule has 1 atom stereocenters. The van der Waals surface area contributed by atoms with E-state index in [1.54, 1.807) is 11.8 Å². The summed E-state index contributed by atoms with van der Waals surface area (Å²) in [5, 5.41) is 5.35. The summed E-state index contributed by atoms with van der Waals surface area (Å²) in [5.74, 6) is 1.29. The summed E-state index contributed by atoms with van der Waals surface area (Å²) in [6, 6.07) is 14.2. The topological polar surface area (TPSA) is 102 Å². The first-order chi connectivity index (χ1) is 13.5. The van der Waals surface area contributed by atoms with Crippen LogP contribution in [0.3, 0.4) is 0 Å². The van der Waals surface area contributed by atoms with E-state index in [2.05, 4.69) is 20.2 Å².